The molecule has 0 bridgehead atoms. The average molecular weight is 410 g/mol. The van der Waals surface area contributed by atoms with Crippen molar-refractivity contribution in [2.45, 2.75) is 13.8 Å². The van der Waals surface area contributed by atoms with Crippen LogP contribution in [0.25, 0.3) is 0 Å². The van der Waals surface area contributed by atoms with Gasteiger partial charge in [0, 0.05) is 0 Å². The number of para-hydroxylation sites is 2. The van der Waals surface area contributed by atoms with Gasteiger partial charge in [-0.1, -0.05) is 36.4 Å². The third-order valence-corrected chi connectivity index (χ3v) is 5.54. The maximum absolute atomic E-state index is 13.3. The molecule has 0 spiro atoms. The highest BCUT2D eigenvalue weighted by atomic mass is 16.2. The summed E-state index contributed by atoms with van der Waals surface area (Å²) in [6.45, 7) is 3.19. The van der Waals surface area contributed by atoms with E-state index in [1.165, 1.54) is 10.0 Å². The highest BCUT2D eigenvalue weighted by molar-refractivity contribution is 6.20. The van der Waals surface area contributed by atoms with Crippen LogP contribution < -0.4 is 10.0 Å². The molecule has 2 amide bonds. The van der Waals surface area contributed by atoms with Crippen molar-refractivity contribution in [2.75, 3.05) is 10.0 Å². The molecule has 2 aromatic rings. The van der Waals surface area contributed by atoms with Gasteiger partial charge in [-0.05, 0) is 38.1 Å². The summed E-state index contributed by atoms with van der Waals surface area (Å²) in [5.74, 6) is -3.44. The number of anilines is 2. The Morgan fingerprint density at radius 2 is 1.10 bits per heavy atom. The fraction of sp³-hybridized carbons (Fsp3) is 0.217. The number of nitrogens with zero attached hydrogens (tertiary/aromatic N) is 6. The van der Waals surface area contributed by atoms with Gasteiger partial charge < -0.3 is 0 Å². The lowest BCUT2D eigenvalue weighted by molar-refractivity contribution is -0.124. The SMILES string of the molecule is CC1=NN(c2ccccc2)C(=O)[C@H]1C(C#N)(C#N)[C@H]1C(=O)N(c2ccccc2)N=C1C. The summed E-state index contributed by atoms with van der Waals surface area (Å²) in [6, 6.07) is 21.5. The molecule has 8 nitrogen and oxygen atoms in total. The summed E-state index contributed by atoms with van der Waals surface area (Å²) in [5.41, 5.74) is -0.338. The number of amides is 2. The zero-order valence-corrected chi connectivity index (χ0v) is 16.9. The van der Waals surface area contributed by atoms with Crippen LogP contribution in [-0.4, -0.2) is 23.2 Å². The zero-order valence-electron chi connectivity index (χ0n) is 16.9. The second kappa shape index (κ2) is 7.51. The van der Waals surface area contributed by atoms with Crippen molar-refractivity contribution in [3.05, 3.63) is 60.7 Å². The maximum atomic E-state index is 13.3. The second-order valence-corrected chi connectivity index (χ2v) is 7.41. The molecule has 31 heavy (non-hydrogen) atoms. The minimum absolute atomic E-state index is 0.302. The number of benzene rings is 2. The first kappa shape index (κ1) is 20.0. The minimum Gasteiger partial charge on any atom is -0.272 e. The molecule has 2 heterocycles. The van der Waals surface area contributed by atoms with Crippen LogP contribution in [0, 0.1) is 39.9 Å². The molecular weight excluding hydrogens is 392 g/mol. The standard InChI is InChI=1S/C23H18N6O2/c1-15-19(21(30)28(26-15)17-9-5-3-6-10-17)23(13-24,14-25)20-16(2)27-29(22(20)31)18-11-7-4-8-12-18/h3-12,19-20H,1-2H3/t19-,20+. The Kier molecular flexibility index (Phi) is 4.84. The minimum atomic E-state index is -1.98. The van der Waals surface area contributed by atoms with E-state index < -0.39 is 29.1 Å². The van der Waals surface area contributed by atoms with E-state index in [0.29, 0.717) is 22.8 Å². The van der Waals surface area contributed by atoms with Gasteiger partial charge in [-0.25, -0.2) is 10.0 Å². The van der Waals surface area contributed by atoms with Gasteiger partial charge in [0.05, 0.1) is 34.9 Å². The number of rotatable bonds is 4. The summed E-state index contributed by atoms with van der Waals surface area (Å²) in [7, 11) is 0. The van der Waals surface area contributed by atoms with Crippen molar-refractivity contribution in [3.8, 4) is 12.1 Å². The summed E-state index contributed by atoms with van der Waals surface area (Å²) in [4.78, 5) is 26.7. The van der Waals surface area contributed by atoms with Gasteiger partial charge in [0.2, 0.25) is 0 Å². The molecule has 2 aliphatic heterocycles. The summed E-state index contributed by atoms with van der Waals surface area (Å²) < 4.78 is 0. The molecule has 4 rings (SSSR count). The molecule has 2 atom stereocenters. The van der Waals surface area contributed by atoms with Crippen LogP contribution in [0.1, 0.15) is 13.8 Å². The van der Waals surface area contributed by atoms with Gasteiger partial charge in [0.15, 0.2) is 5.41 Å². The Balaban J connectivity index is 1.76. The van der Waals surface area contributed by atoms with E-state index in [1.54, 1.807) is 62.4 Å². The lowest BCUT2D eigenvalue weighted by atomic mass is 9.65. The molecule has 0 fully saturated rings. The van der Waals surface area contributed by atoms with E-state index in [4.69, 9.17) is 0 Å². The lowest BCUT2D eigenvalue weighted by Crippen LogP contribution is -2.49. The van der Waals surface area contributed by atoms with Crippen molar-refractivity contribution in [3.63, 3.8) is 0 Å². The first-order valence-corrected chi connectivity index (χ1v) is 9.65. The summed E-state index contributed by atoms with van der Waals surface area (Å²) in [5, 5.41) is 31.3. The van der Waals surface area contributed by atoms with E-state index >= 15 is 0 Å². The predicted octanol–water partition coefficient (Wildman–Crippen LogP) is 3.10. The number of hydrazone groups is 2. The molecular formula is C23H18N6O2. The van der Waals surface area contributed by atoms with Crippen molar-refractivity contribution in [2.24, 2.45) is 27.5 Å². The molecule has 0 unspecified atom stereocenters. The summed E-state index contributed by atoms with van der Waals surface area (Å²) in [6.07, 6.45) is 0. The molecule has 0 N–H and O–H groups in total. The Morgan fingerprint density at radius 3 is 1.42 bits per heavy atom. The molecule has 2 aliphatic rings. The Labute approximate surface area is 179 Å². The third-order valence-electron chi connectivity index (χ3n) is 5.54. The molecule has 0 radical (unpaired) electrons. The van der Waals surface area contributed by atoms with E-state index in [1.807, 2.05) is 24.3 Å². The highest BCUT2D eigenvalue weighted by Crippen LogP contribution is 2.44. The number of carbonyl (C=O) groups is 2. The van der Waals surface area contributed by atoms with Gasteiger partial charge in [0.25, 0.3) is 11.8 Å². The molecule has 2 aromatic carbocycles. The van der Waals surface area contributed by atoms with Crippen LogP contribution in [0.2, 0.25) is 0 Å². The third kappa shape index (κ3) is 2.97. The van der Waals surface area contributed by atoms with Crippen LogP contribution in [0.5, 0.6) is 0 Å². The van der Waals surface area contributed by atoms with Gasteiger partial charge in [-0.15, -0.1) is 0 Å². The zero-order chi connectivity index (χ0) is 22.2. The summed E-state index contributed by atoms with van der Waals surface area (Å²) >= 11 is 0. The largest absolute Gasteiger partial charge is 0.272 e. The smallest absolute Gasteiger partial charge is 0.259 e. The van der Waals surface area contributed by atoms with Gasteiger partial charge >= 0.3 is 0 Å². The number of nitriles is 2. The molecule has 152 valence electrons. The van der Waals surface area contributed by atoms with Crippen molar-refractivity contribution < 1.29 is 9.59 Å². The van der Waals surface area contributed by atoms with E-state index in [9.17, 15) is 20.1 Å². The van der Waals surface area contributed by atoms with Crippen LogP contribution in [0.3, 0.4) is 0 Å². The highest BCUT2D eigenvalue weighted by Gasteiger charge is 2.61. The average Bonchev–Trinajstić information content (AvgIpc) is 3.27. The monoisotopic (exact) mass is 410 g/mol. The van der Waals surface area contributed by atoms with Crippen molar-refractivity contribution in [1.82, 2.24) is 0 Å². The lowest BCUT2D eigenvalue weighted by Gasteiger charge is -2.29. The molecule has 8 heteroatoms. The van der Waals surface area contributed by atoms with Crippen molar-refractivity contribution >= 4 is 34.6 Å². The molecule has 0 saturated carbocycles. The maximum Gasteiger partial charge on any atom is 0.259 e. The van der Waals surface area contributed by atoms with Crippen molar-refractivity contribution in [1.29, 1.82) is 10.5 Å². The molecule has 0 saturated heterocycles. The number of hydrogen-bond acceptors (Lipinski definition) is 6. The first-order valence-electron chi connectivity index (χ1n) is 9.65. The predicted molar refractivity (Wildman–Crippen MR) is 115 cm³/mol. The Hall–Kier alpha value is -4.30. The second-order valence-electron chi connectivity index (χ2n) is 7.41. The topological polar surface area (TPSA) is 113 Å². The fourth-order valence-electron chi connectivity index (χ4n) is 4.14. The van der Waals surface area contributed by atoms with Gasteiger partial charge in [-0.2, -0.15) is 20.7 Å². The van der Waals surface area contributed by atoms with E-state index in [0.717, 1.165) is 0 Å². The Bertz CT molecular complexity index is 1090. The van der Waals surface area contributed by atoms with Crippen LogP contribution in [-0.2, 0) is 9.59 Å². The van der Waals surface area contributed by atoms with Crippen LogP contribution >= 0.6 is 0 Å². The molecule has 0 aromatic heterocycles. The number of hydrogen-bond donors (Lipinski definition) is 0. The van der Waals surface area contributed by atoms with E-state index in [2.05, 4.69) is 10.2 Å². The normalized spacial score (nSPS) is 20.9. The van der Waals surface area contributed by atoms with Crippen LogP contribution in [0.4, 0.5) is 11.4 Å². The van der Waals surface area contributed by atoms with Crippen LogP contribution in [0.15, 0.2) is 70.9 Å². The van der Waals surface area contributed by atoms with Gasteiger partial charge in [-0.3, -0.25) is 9.59 Å². The fourth-order valence-corrected chi connectivity index (χ4v) is 4.14. The Morgan fingerprint density at radius 1 is 0.742 bits per heavy atom. The quantitative estimate of drug-likeness (QED) is 0.770. The van der Waals surface area contributed by atoms with E-state index in [-0.39, 0.29) is 0 Å². The molecule has 0 aliphatic carbocycles. The number of carbonyl (C=O) groups excluding carboxylic acids is 2. The van der Waals surface area contributed by atoms with Gasteiger partial charge in [0.1, 0.15) is 11.8 Å². The first-order chi connectivity index (χ1) is 14.9.